The number of piperidine rings is 1. The van der Waals surface area contributed by atoms with Crippen LogP contribution >= 0.6 is 0 Å². The molecule has 0 amide bonds. The van der Waals surface area contributed by atoms with E-state index in [9.17, 15) is 0 Å². The quantitative estimate of drug-likeness (QED) is 0.599. The molecule has 2 heterocycles. The highest BCUT2D eigenvalue weighted by Crippen LogP contribution is 2.32. The predicted molar refractivity (Wildman–Crippen MR) is 54.9 cm³/mol. The summed E-state index contributed by atoms with van der Waals surface area (Å²) >= 11 is 0. The summed E-state index contributed by atoms with van der Waals surface area (Å²) in [6.07, 6.45) is 4.10. The monoisotopic (exact) mass is 181 g/mol. The Morgan fingerprint density at radius 3 is 2.54 bits per heavy atom. The lowest BCUT2D eigenvalue weighted by Crippen LogP contribution is -2.51. The van der Waals surface area contributed by atoms with Crippen LogP contribution in [0.3, 0.4) is 0 Å². The van der Waals surface area contributed by atoms with Gasteiger partial charge in [-0.25, -0.2) is 5.32 Å². The number of rotatable bonds is 1. The van der Waals surface area contributed by atoms with Crippen molar-refractivity contribution in [3.63, 3.8) is 0 Å². The van der Waals surface area contributed by atoms with Gasteiger partial charge in [-0.2, -0.15) is 0 Å². The van der Waals surface area contributed by atoms with Crippen molar-refractivity contribution in [3.05, 3.63) is 0 Å². The highest BCUT2D eigenvalue weighted by atomic mass is 15.2. The molecule has 0 aromatic heterocycles. The molecular weight excluding hydrogens is 160 g/mol. The minimum atomic E-state index is 0.419. The Bertz CT molecular complexity index is 171. The standard InChI is InChI=1S/C11H21N2/c1-11(2)9-12-6-5-10(11)13-7-3-4-8-13/h10H,3-9H2,1-2H3/t10-/m1/s1. The fourth-order valence-corrected chi connectivity index (χ4v) is 2.81. The van der Waals surface area contributed by atoms with Gasteiger partial charge < -0.3 is 0 Å². The fourth-order valence-electron chi connectivity index (χ4n) is 2.81. The average molecular weight is 181 g/mol. The minimum Gasteiger partial charge on any atom is -0.300 e. The first-order valence-corrected chi connectivity index (χ1v) is 5.57. The van der Waals surface area contributed by atoms with E-state index in [1.807, 2.05) is 0 Å². The maximum absolute atomic E-state index is 4.52. The molecular formula is C11H21N2. The summed E-state index contributed by atoms with van der Waals surface area (Å²) in [4.78, 5) is 2.69. The van der Waals surface area contributed by atoms with Crippen LogP contribution in [0.4, 0.5) is 0 Å². The number of likely N-dealkylation sites (tertiary alicyclic amines) is 1. The minimum absolute atomic E-state index is 0.419. The van der Waals surface area contributed by atoms with E-state index in [4.69, 9.17) is 0 Å². The van der Waals surface area contributed by atoms with Crippen molar-refractivity contribution < 1.29 is 0 Å². The van der Waals surface area contributed by atoms with Crippen LogP contribution < -0.4 is 5.32 Å². The van der Waals surface area contributed by atoms with Gasteiger partial charge in [-0.15, -0.1) is 0 Å². The molecule has 0 aromatic rings. The van der Waals surface area contributed by atoms with Gasteiger partial charge in [0.2, 0.25) is 0 Å². The van der Waals surface area contributed by atoms with Gasteiger partial charge >= 0.3 is 0 Å². The van der Waals surface area contributed by atoms with Gasteiger partial charge in [0.15, 0.2) is 0 Å². The highest BCUT2D eigenvalue weighted by Gasteiger charge is 2.37. The van der Waals surface area contributed by atoms with Gasteiger partial charge in [-0.3, -0.25) is 4.90 Å². The highest BCUT2D eigenvalue weighted by molar-refractivity contribution is 4.92. The van der Waals surface area contributed by atoms with Gasteiger partial charge in [0.25, 0.3) is 0 Å². The van der Waals surface area contributed by atoms with E-state index in [0.29, 0.717) is 5.41 Å². The molecule has 0 N–H and O–H groups in total. The lowest BCUT2D eigenvalue weighted by atomic mass is 9.79. The smallest absolute Gasteiger partial charge is 0.0199 e. The van der Waals surface area contributed by atoms with Crippen LogP contribution in [0.25, 0.3) is 0 Å². The molecule has 1 radical (unpaired) electrons. The number of hydrogen-bond acceptors (Lipinski definition) is 1. The van der Waals surface area contributed by atoms with Crippen molar-refractivity contribution in [2.75, 3.05) is 26.2 Å². The third-order valence-corrected chi connectivity index (χ3v) is 3.56. The van der Waals surface area contributed by atoms with E-state index in [-0.39, 0.29) is 0 Å². The summed E-state index contributed by atoms with van der Waals surface area (Å²) < 4.78 is 0. The van der Waals surface area contributed by atoms with E-state index >= 15 is 0 Å². The zero-order valence-corrected chi connectivity index (χ0v) is 8.92. The average Bonchev–Trinajstić information content (AvgIpc) is 2.55. The second-order valence-electron chi connectivity index (χ2n) is 5.14. The summed E-state index contributed by atoms with van der Waals surface area (Å²) in [5.74, 6) is 0. The molecule has 0 aliphatic carbocycles. The van der Waals surface area contributed by atoms with E-state index in [1.165, 1.54) is 32.4 Å². The second-order valence-corrected chi connectivity index (χ2v) is 5.14. The lowest BCUT2D eigenvalue weighted by molar-refractivity contribution is 0.0768. The molecule has 2 saturated heterocycles. The lowest BCUT2D eigenvalue weighted by Gasteiger charge is -2.43. The van der Waals surface area contributed by atoms with Gasteiger partial charge in [0, 0.05) is 19.1 Å². The van der Waals surface area contributed by atoms with Crippen molar-refractivity contribution >= 4 is 0 Å². The van der Waals surface area contributed by atoms with Crippen molar-refractivity contribution in [1.82, 2.24) is 10.2 Å². The molecule has 0 unspecified atom stereocenters. The first kappa shape index (κ1) is 9.47. The first-order valence-electron chi connectivity index (χ1n) is 5.57. The molecule has 2 heteroatoms. The summed E-state index contributed by atoms with van der Waals surface area (Å²) in [5.41, 5.74) is 0.419. The van der Waals surface area contributed by atoms with Crippen LogP contribution in [0.5, 0.6) is 0 Å². The van der Waals surface area contributed by atoms with Crippen LogP contribution in [-0.4, -0.2) is 37.1 Å². The van der Waals surface area contributed by atoms with Crippen molar-refractivity contribution in [1.29, 1.82) is 0 Å². The molecule has 2 fully saturated rings. The zero-order valence-electron chi connectivity index (χ0n) is 8.92. The van der Waals surface area contributed by atoms with Crippen molar-refractivity contribution in [3.8, 4) is 0 Å². The molecule has 0 saturated carbocycles. The van der Waals surface area contributed by atoms with E-state index in [0.717, 1.165) is 19.1 Å². The van der Waals surface area contributed by atoms with E-state index in [2.05, 4.69) is 24.1 Å². The van der Waals surface area contributed by atoms with Crippen LogP contribution in [0, 0.1) is 5.41 Å². The number of hydrogen-bond donors (Lipinski definition) is 0. The SMILES string of the molecule is CC1(C)C[N]CC[C@H]1N1CCCC1. The molecule has 2 rings (SSSR count). The Hall–Kier alpha value is -0.0800. The Morgan fingerprint density at radius 2 is 1.92 bits per heavy atom. The Kier molecular flexibility index (Phi) is 2.61. The first-order chi connectivity index (χ1) is 6.20. The Balaban J connectivity index is 2.02. The third kappa shape index (κ3) is 1.89. The van der Waals surface area contributed by atoms with Gasteiger partial charge in [-0.05, 0) is 37.8 Å². The van der Waals surface area contributed by atoms with Crippen LogP contribution in [0.1, 0.15) is 33.1 Å². The molecule has 2 aliphatic heterocycles. The maximum atomic E-state index is 4.52. The summed E-state index contributed by atoms with van der Waals surface area (Å²) in [6.45, 7) is 9.55. The second kappa shape index (κ2) is 3.58. The van der Waals surface area contributed by atoms with Crippen LogP contribution in [0.15, 0.2) is 0 Å². The third-order valence-electron chi connectivity index (χ3n) is 3.56. The van der Waals surface area contributed by atoms with Gasteiger partial charge in [0.1, 0.15) is 0 Å². The molecule has 0 spiro atoms. The van der Waals surface area contributed by atoms with E-state index < -0.39 is 0 Å². The Labute approximate surface area is 81.7 Å². The van der Waals surface area contributed by atoms with E-state index in [1.54, 1.807) is 0 Å². The summed E-state index contributed by atoms with van der Waals surface area (Å²) in [6, 6.07) is 0.799. The van der Waals surface area contributed by atoms with Gasteiger partial charge in [-0.1, -0.05) is 13.8 Å². The van der Waals surface area contributed by atoms with Crippen LogP contribution in [0.2, 0.25) is 0 Å². The molecule has 2 nitrogen and oxygen atoms in total. The molecule has 13 heavy (non-hydrogen) atoms. The molecule has 0 bridgehead atoms. The molecule has 2 aliphatic rings. The largest absolute Gasteiger partial charge is 0.300 e. The topological polar surface area (TPSA) is 17.3 Å². The fraction of sp³-hybridized carbons (Fsp3) is 1.00. The van der Waals surface area contributed by atoms with Crippen LogP contribution in [-0.2, 0) is 0 Å². The normalized spacial score (nSPS) is 35.1. The Morgan fingerprint density at radius 1 is 1.23 bits per heavy atom. The maximum Gasteiger partial charge on any atom is 0.0199 e. The zero-order chi connectivity index (χ0) is 9.31. The molecule has 75 valence electrons. The molecule has 0 aromatic carbocycles. The van der Waals surface area contributed by atoms with Crippen molar-refractivity contribution in [2.24, 2.45) is 5.41 Å². The van der Waals surface area contributed by atoms with Crippen molar-refractivity contribution in [2.45, 2.75) is 39.2 Å². The summed E-state index contributed by atoms with van der Waals surface area (Å²) in [5, 5.41) is 4.52. The number of nitrogens with zero attached hydrogens (tertiary/aromatic N) is 2. The summed E-state index contributed by atoms with van der Waals surface area (Å²) in [7, 11) is 0. The predicted octanol–water partition coefficient (Wildman–Crippen LogP) is 1.49. The van der Waals surface area contributed by atoms with Gasteiger partial charge in [0.05, 0.1) is 0 Å². The molecule has 1 atom stereocenters.